The Labute approximate surface area is 112 Å². The van der Waals surface area contributed by atoms with E-state index in [0.717, 1.165) is 11.3 Å². The molecule has 19 heavy (non-hydrogen) atoms. The van der Waals surface area contributed by atoms with Crippen molar-refractivity contribution in [1.82, 2.24) is 0 Å². The number of rotatable bonds is 2. The van der Waals surface area contributed by atoms with Gasteiger partial charge in [-0.2, -0.15) is 0 Å². The minimum absolute atomic E-state index is 0.219. The summed E-state index contributed by atoms with van der Waals surface area (Å²) >= 11 is 0. The molecule has 0 spiro atoms. The zero-order chi connectivity index (χ0) is 13.8. The van der Waals surface area contributed by atoms with Gasteiger partial charge in [-0.15, -0.1) is 0 Å². The van der Waals surface area contributed by atoms with Crippen LogP contribution in [0.2, 0.25) is 0 Å². The van der Waals surface area contributed by atoms with Gasteiger partial charge in [0.1, 0.15) is 0 Å². The van der Waals surface area contributed by atoms with Gasteiger partial charge in [0.15, 0.2) is 0 Å². The number of carbonyl (C=O) groups is 1. The number of para-hydroxylation sites is 2. The summed E-state index contributed by atoms with van der Waals surface area (Å²) in [6, 6.07) is 14.7. The fraction of sp³-hybridized carbons (Fsp3) is 0.133. The molecular formula is C15H17N3O. The molecule has 2 aromatic carbocycles. The number of anilines is 3. The number of nitrogens with one attached hydrogen (secondary N) is 1. The van der Waals surface area contributed by atoms with Crippen LogP contribution in [0, 0.1) is 6.92 Å². The average Bonchev–Trinajstić information content (AvgIpc) is 2.38. The first-order chi connectivity index (χ1) is 9.08. The first kappa shape index (κ1) is 13.0. The molecule has 0 saturated heterocycles. The van der Waals surface area contributed by atoms with Crippen molar-refractivity contribution in [3.05, 3.63) is 54.1 Å². The van der Waals surface area contributed by atoms with Crippen LogP contribution in [0.1, 0.15) is 5.56 Å². The number of nitrogen functional groups attached to an aromatic ring is 1. The van der Waals surface area contributed by atoms with E-state index < -0.39 is 0 Å². The lowest BCUT2D eigenvalue weighted by molar-refractivity contribution is 0.258. The molecule has 4 heteroatoms. The lowest BCUT2D eigenvalue weighted by atomic mass is 10.2. The highest BCUT2D eigenvalue weighted by Gasteiger charge is 2.12. The summed E-state index contributed by atoms with van der Waals surface area (Å²) in [6.45, 7) is 1.98. The maximum Gasteiger partial charge on any atom is 0.326 e. The van der Waals surface area contributed by atoms with Gasteiger partial charge in [-0.1, -0.05) is 24.3 Å². The SMILES string of the molecule is Cc1cccc(NC(=O)N(C)c2ccccc2N)c1. The average molecular weight is 255 g/mol. The maximum atomic E-state index is 12.1. The zero-order valence-electron chi connectivity index (χ0n) is 11.1. The van der Waals surface area contributed by atoms with E-state index in [1.165, 1.54) is 4.90 Å². The number of urea groups is 1. The lowest BCUT2D eigenvalue weighted by Crippen LogP contribution is -2.31. The fourth-order valence-electron chi connectivity index (χ4n) is 1.83. The van der Waals surface area contributed by atoms with Crippen molar-refractivity contribution in [2.24, 2.45) is 0 Å². The second kappa shape index (κ2) is 5.44. The van der Waals surface area contributed by atoms with E-state index in [-0.39, 0.29) is 6.03 Å². The van der Waals surface area contributed by atoms with Crippen molar-refractivity contribution < 1.29 is 4.79 Å². The van der Waals surface area contributed by atoms with Crippen molar-refractivity contribution in [1.29, 1.82) is 0 Å². The third kappa shape index (κ3) is 3.04. The Kier molecular flexibility index (Phi) is 3.71. The van der Waals surface area contributed by atoms with Crippen LogP contribution in [-0.2, 0) is 0 Å². The van der Waals surface area contributed by atoms with E-state index in [1.54, 1.807) is 13.1 Å². The highest BCUT2D eigenvalue weighted by Crippen LogP contribution is 2.22. The Morgan fingerprint density at radius 1 is 1.16 bits per heavy atom. The predicted molar refractivity (Wildman–Crippen MR) is 79.5 cm³/mol. The summed E-state index contributed by atoms with van der Waals surface area (Å²) < 4.78 is 0. The van der Waals surface area contributed by atoms with Crippen LogP contribution < -0.4 is 16.0 Å². The zero-order valence-corrected chi connectivity index (χ0v) is 11.1. The third-order valence-electron chi connectivity index (χ3n) is 2.87. The molecule has 0 fully saturated rings. The molecule has 0 atom stereocenters. The number of hydrogen-bond acceptors (Lipinski definition) is 2. The Morgan fingerprint density at radius 3 is 2.58 bits per heavy atom. The summed E-state index contributed by atoms with van der Waals surface area (Å²) in [5.41, 5.74) is 8.98. The highest BCUT2D eigenvalue weighted by atomic mass is 16.2. The van der Waals surface area contributed by atoms with E-state index >= 15 is 0 Å². The summed E-state index contributed by atoms with van der Waals surface area (Å²) in [6.07, 6.45) is 0. The molecule has 2 rings (SSSR count). The van der Waals surface area contributed by atoms with Crippen LogP contribution in [0.25, 0.3) is 0 Å². The molecule has 0 aliphatic heterocycles. The molecule has 98 valence electrons. The van der Waals surface area contributed by atoms with Gasteiger partial charge in [-0.25, -0.2) is 4.79 Å². The first-order valence-electron chi connectivity index (χ1n) is 6.04. The minimum Gasteiger partial charge on any atom is -0.397 e. The number of carbonyl (C=O) groups excluding carboxylic acids is 1. The van der Waals surface area contributed by atoms with Crippen molar-refractivity contribution in [3.8, 4) is 0 Å². The second-order valence-electron chi connectivity index (χ2n) is 4.42. The van der Waals surface area contributed by atoms with Crippen LogP contribution >= 0.6 is 0 Å². The Morgan fingerprint density at radius 2 is 1.89 bits per heavy atom. The van der Waals surface area contributed by atoms with E-state index in [9.17, 15) is 4.79 Å². The van der Waals surface area contributed by atoms with Crippen molar-refractivity contribution >= 4 is 23.1 Å². The normalized spacial score (nSPS) is 10.0. The highest BCUT2D eigenvalue weighted by molar-refractivity contribution is 6.03. The van der Waals surface area contributed by atoms with E-state index in [0.29, 0.717) is 11.4 Å². The van der Waals surface area contributed by atoms with Crippen molar-refractivity contribution in [2.45, 2.75) is 6.92 Å². The molecule has 0 heterocycles. The quantitative estimate of drug-likeness (QED) is 0.809. The van der Waals surface area contributed by atoms with Crippen LogP contribution in [-0.4, -0.2) is 13.1 Å². The molecule has 2 aromatic rings. The van der Waals surface area contributed by atoms with E-state index in [2.05, 4.69) is 5.32 Å². The Hall–Kier alpha value is -2.49. The largest absolute Gasteiger partial charge is 0.397 e. The van der Waals surface area contributed by atoms with Gasteiger partial charge in [0.05, 0.1) is 11.4 Å². The molecule has 0 radical (unpaired) electrons. The summed E-state index contributed by atoms with van der Waals surface area (Å²) in [4.78, 5) is 13.6. The van der Waals surface area contributed by atoms with Crippen LogP contribution in [0.15, 0.2) is 48.5 Å². The molecule has 3 N–H and O–H groups in total. The fourth-order valence-corrected chi connectivity index (χ4v) is 1.83. The van der Waals surface area contributed by atoms with Gasteiger partial charge in [0.2, 0.25) is 0 Å². The van der Waals surface area contributed by atoms with Crippen molar-refractivity contribution in [3.63, 3.8) is 0 Å². The second-order valence-corrected chi connectivity index (χ2v) is 4.42. The number of amides is 2. The Bertz CT molecular complexity index is 595. The molecule has 0 saturated carbocycles. The van der Waals surface area contributed by atoms with Crippen LogP contribution in [0.5, 0.6) is 0 Å². The minimum atomic E-state index is -0.219. The van der Waals surface area contributed by atoms with Crippen molar-refractivity contribution in [2.75, 3.05) is 23.0 Å². The number of benzene rings is 2. The van der Waals surface area contributed by atoms with E-state index in [1.807, 2.05) is 49.4 Å². The summed E-state index contributed by atoms with van der Waals surface area (Å²) in [7, 11) is 1.69. The number of hydrogen-bond donors (Lipinski definition) is 2. The lowest BCUT2D eigenvalue weighted by Gasteiger charge is -2.19. The molecule has 0 aliphatic carbocycles. The van der Waals surface area contributed by atoms with E-state index in [4.69, 9.17) is 5.73 Å². The molecule has 2 amide bonds. The van der Waals surface area contributed by atoms with Gasteiger partial charge in [0.25, 0.3) is 0 Å². The van der Waals surface area contributed by atoms with Gasteiger partial charge in [-0.3, -0.25) is 4.90 Å². The van der Waals surface area contributed by atoms with Gasteiger partial charge >= 0.3 is 6.03 Å². The molecule has 0 aliphatic rings. The molecule has 0 bridgehead atoms. The molecule has 0 aromatic heterocycles. The monoisotopic (exact) mass is 255 g/mol. The predicted octanol–water partition coefficient (Wildman–Crippen LogP) is 3.25. The Balaban J connectivity index is 2.14. The molecule has 4 nitrogen and oxygen atoms in total. The number of nitrogens with zero attached hydrogens (tertiary/aromatic N) is 1. The van der Waals surface area contributed by atoms with Gasteiger partial charge in [-0.05, 0) is 36.8 Å². The first-order valence-corrected chi connectivity index (χ1v) is 6.04. The van der Waals surface area contributed by atoms with Gasteiger partial charge < -0.3 is 11.1 Å². The van der Waals surface area contributed by atoms with Crippen LogP contribution in [0.4, 0.5) is 21.9 Å². The standard InChI is InChI=1S/C15H17N3O/c1-11-6-5-7-12(10-11)17-15(19)18(2)14-9-4-3-8-13(14)16/h3-10H,16H2,1-2H3,(H,17,19). The van der Waals surface area contributed by atoms with Crippen LogP contribution in [0.3, 0.4) is 0 Å². The number of nitrogens with two attached hydrogens (primary N) is 1. The number of aryl methyl sites for hydroxylation is 1. The smallest absolute Gasteiger partial charge is 0.326 e. The topological polar surface area (TPSA) is 58.4 Å². The summed E-state index contributed by atoms with van der Waals surface area (Å²) in [5.74, 6) is 0. The molecular weight excluding hydrogens is 238 g/mol. The maximum absolute atomic E-state index is 12.1. The summed E-state index contributed by atoms with van der Waals surface area (Å²) in [5, 5.41) is 2.84. The third-order valence-corrected chi connectivity index (χ3v) is 2.87. The molecule has 0 unspecified atom stereocenters. The van der Waals surface area contributed by atoms with Gasteiger partial charge in [0, 0.05) is 12.7 Å².